The number of methoxy groups -OCH3 is 1. The van der Waals surface area contributed by atoms with E-state index in [-0.39, 0.29) is 11.9 Å². The number of carbonyl (C=O) groups excluding carboxylic acids is 1. The minimum absolute atomic E-state index is 0.231. The third-order valence-electron chi connectivity index (χ3n) is 3.72. The summed E-state index contributed by atoms with van der Waals surface area (Å²) in [7, 11) is 1.41. The Morgan fingerprint density at radius 2 is 1.95 bits per heavy atom. The van der Waals surface area contributed by atoms with Crippen LogP contribution in [0.25, 0.3) is 0 Å². The first-order valence-electron chi connectivity index (χ1n) is 6.89. The van der Waals surface area contributed by atoms with E-state index in [1.807, 2.05) is 39.3 Å². The number of rotatable bonds is 4. The van der Waals surface area contributed by atoms with Crippen molar-refractivity contribution in [3.63, 3.8) is 0 Å². The maximum atomic E-state index is 11.8. The second-order valence-electron chi connectivity index (χ2n) is 5.23. The van der Waals surface area contributed by atoms with E-state index in [1.165, 1.54) is 12.0 Å². The van der Waals surface area contributed by atoms with Crippen LogP contribution < -0.4 is 0 Å². The van der Waals surface area contributed by atoms with Crippen molar-refractivity contribution >= 4 is 17.3 Å². The van der Waals surface area contributed by atoms with Gasteiger partial charge in [-0.3, -0.25) is 9.48 Å². The molecule has 0 aliphatic rings. The summed E-state index contributed by atoms with van der Waals surface area (Å²) in [6.45, 7) is 10.5. The van der Waals surface area contributed by atoms with E-state index in [0.717, 1.165) is 27.7 Å². The maximum absolute atomic E-state index is 11.8. The van der Waals surface area contributed by atoms with E-state index in [9.17, 15) is 4.79 Å². The van der Waals surface area contributed by atoms with Gasteiger partial charge in [-0.05, 0) is 34.6 Å². The van der Waals surface area contributed by atoms with Gasteiger partial charge in [0, 0.05) is 16.1 Å². The fourth-order valence-corrected chi connectivity index (χ4v) is 3.56. The molecular weight excluding hydrogens is 286 g/mol. The van der Waals surface area contributed by atoms with E-state index < -0.39 is 0 Å². The zero-order chi connectivity index (χ0) is 15.7. The predicted octanol–water partition coefficient (Wildman–Crippen LogP) is 2.90. The van der Waals surface area contributed by atoms with E-state index >= 15 is 0 Å². The van der Waals surface area contributed by atoms with Crippen molar-refractivity contribution < 1.29 is 9.53 Å². The molecule has 0 saturated heterocycles. The highest BCUT2D eigenvalue weighted by Gasteiger charge is 2.24. The maximum Gasteiger partial charge on any atom is 0.312 e. The number of aromatic nitrogens is 3. The van der Waals surface area contributed by atoms with Gasteiger partial charge in [-0.15, -0.1) is 11.3 Å². The van der Waals surface area contributed by atoms with E-state index in [2.05, 4.69) is 10.1 Å². The smallest absolute Gasteiger partial charge is 0.312 e. The molecule has 2 heterocycles. The second kappa shape index (κ2) is 5.97. The highest BCUT2D eigenvalue weighted by Crippen LogP contribution is 2.26. The summed E-state index contributed by atoms with van der Waals surface area (Å²) in [6, 6.07) is 0. The number of esters is 1. The first-order valence-corrected chi connectivity index (χ1v) is 7.71. The molecule has 1 atom stereocenters. The lowest BCUT2D eigenvalue weighted by atomic mass is 9.99. The van der Waals surface area contributed by atoms with Gasteiger partial charge in [0.05, 0.1) is 36.0 Å². The minimum Gasteiger partial charge on any atom is -0.469 e. The largest absolute Gasteiger partial charge is 0.469 e. The average molecular weight is 307 g/mol. The fraction of sp³-hybridized carbons (Fsp3) is 0.533. The van der Waals surface area contributed by atoms with Crippen LogP contribution in [-0.2, 0) is 16.1 Å². The van der Waals surface area contributed by atoms with Crippen LogP contribution in [0, 0.1) is 27.7 Å². The van der Waals surface area contributed by atoms with Gasteiger partial charge >= 0.3 is 5.97 Å². The van der Waals surface area contributed by atoms with E-state index in [0.29, 0.717) is 6.54 Å². The number of carbonyl (C=O) groups is 1. The normalized spacial score (nSPS) is 12.5. The van der Waals surface area contributed by atoms with Crippen molar-refractivity contribution in [1.29, 1.82) is 0 Å². The molecule has 0 radical (unpaired) electrons. The molecule has 0 amide bonds. The summed E-state index contributed by atoms with van der Waals surface area (Å²) in [4.78, 5) is 17.4. The standard InChI is InChI=1S/C15H21N3O2S/c1-8(15(19)20-6)14-10(3)17-18(11(14)4)7-13-9(2)16-12(5)21-13/h8H,7H2,1-6H3/t8-/m1/s1. The number of aryl methyl sites for hydroxylation is 3. The van der Waals surface area contributed by atoms with Crippen LogP contribution in [0.5, 0.6) is 0 Å². The quantitative estimate of drug-likeness (QED) is 0.815. The summed E-state index contributed by atoms with van der Waals surface area (Å²) in [5.74, 6) is -0.529. The Bertz CT molecular complexity index is 673. The van der Waals surface area contributed by atoms with Crippen molar-refractivity contribution in [3.8, 4) is 0 Å². The van der Waals surface area contributed by atoms with Gasteiger partial charge in [0.15, 0.2) is 0 Å². The number of nitrogens with zero attached hydrogens (tertiary/aromatic N) is 3. The molecule has 21 heavy (non-hydrogen) atoms. The number of hydrogen-bond acceptors (Lipinski definition) is 5. The molecule has 114 valence electrons. The van der Waals surface area contributed by atoms with Crippen molar-refractivity contribution in [2.24, 2.45) is 0 Å². The lowest BCUT2D eigenvalue weighted by molar-refractivity contribution is -0.142. The van der Waals surface area contributed by atoms with Crippen molar-refractivity contribution in [1.82, 2.24) is 14.8 Å². The first-order chi connectivity index (χ1) is 9.85. The Morgan fingerprint density at radius 1 is 1.29 bits per heavy atom. The molecule has 5 nitrogen and oxygen atoms in total. The van der Waals surface area contributed by atoms with E-state index in [4.69, 9.17) is 4.74 Å². The topological polar surface area (TPSA) is 57.0 Å². The molecule has 2 aromatic heterocycles. The molecule has 0 saturated carbocycles. The third-order valence-corrected chi connectivity index (χ3v) is 4.78. The molecule has 6 heteroatoms. The van der Waals surface area contributed by atoms with Crippen LogP contribution in [0.2, 0.25) is 0 Å². The molecule has 2 aromatic rings. The van der Waals surface area contributed by atoms with Crippen LogP contribution in [-0.4, -0.2) is 27.8 Å². The van der Waals surface area contributed by atoms with Gasteiger partial charge in [0.2, 0.25) is 0 Å². The summed E-state index contributed by atoms with van der Waals surface area (Å²) < 4.78 is 6.79. The van der Waals surface area contributed by atoms with Crippen molar-refractivity contribution in [2.45, 2.75) is 47.1 Å². The van der Waals surface area contributed by atoms with Crippen LogP contribution in [0.3, 0.4) is 0 Å². The number of thiazole rings is 1. The molecule has 0 unspecified atom stereocenters. The predicted molar refractivity (Wildman–Crippen MR) is 82.8 cm³/mol. The summed E-state index contributed by atoms with van der Waals surface area (Å²) in [5, 5.41) is 5.64. The van der Waals surface area contributed by atoms with Crippen LogP contribution in [0.1, 0.15) is 45.4 Å². The van der Waals surface area contributed by atoms with Crippen LogP contribution in [0.15, 0.2) is 0 Å². The van der Waals surface area contributed by atoms with Crippen molar-refractivity contribution in [2.75, 3.05) is 7.11 Å². The second-order valence-corrected chi connectivity index (χ2v) is 6.52. The Hall–Kier alpha value is -1.69. The Kier molecular flexibility index (Phi) is 4.46. The molecule has 0 fully saturated rings. The highest BCUT2D eigenvalue weighted by atomic mass is 32.1. The van der Waals surface area contributed by atoms with Gasteiger partial charge < -0.3 is 4.74 Å². The molecule has 0 aliphatic heterocycles. The van der Waals surface area contributed by atoms with Gasteiger partial charge in [0.25, 0.3) is 0 Å². The number of hydrogen-bond donors (Lipinski definition) is 0. The third kappa shape index (κ3) is 3.00. The van der Waals surface area contributed by atoms with Gasteiger partial charge in [-0.1, -0.05) is 0 Å². The summed E-state index contributed by atoms with van der Waals surface area (Å²) in [5.41, 5.74) is 3.90. The summed E-state index contributed by atoms with van der Waals surface area (Å²) in [6.07, 6.45) is 0. The molecule has 0 aromatic carbocycles. The molecular formula is C15H21N3O2S. The molecule has 0 bridgehead atoms. The molecule has 0 aliphatic carbocycles. The Labute approximate surface area is 129 Å². The number of ether oxygens (including phenoxy) is 1. The first kappa shape index (κ1) is 15.7. The van der Waals surface area contributed by atoms with E-state index in [1.54, 1.807) is 11.3 Å². The summed E-state index contributed by atoms with van der Waals surface area (Å²) >= 11 is 1.69. The molecule has 2 rings (SSSR count). The fourth-order valence-electron chi connectivity index (χ4n) is 2.64. The molecule has 0 N–H and O–H groups in total. The zero-order valence-electron chi connectivity index (χ0n) is 13.4. The monoisotopic (exact) mass is 307 g/mol. The lowest BCUT2D eigenvalue weighted by Crippen LogP contribution is -2.13. The van der Waals surface area contributed by atoms with Crippen LogP contribution in [0.4, 0.5) is 0 Å². The van der Waals surface area contributed by atoms with Gasteiger partial charge in [-0.25, -0.2) is 4.98 Å². The lowest BCUT2D eigenvalue weighted by Gasteiger charge is -2.10. The average Bonchev–Trinajstić information content (AvgIpc) is 2.88. The SMILES string of the molecule is COC(=O)[C@H](C)c1c(C)nn(Cc2sc(C)nc2C)c1C. The minimum atomic E-state index is -0.298. The van der Waals surface area contributed by atoms with Gasteiger partial charge in [-0.2, -0.15) is 5.10 Å². The van der Waals surface area contributed by atoms with Gasteiger partial charge in [0.1, 0.15) is 0 Å². The van der Waals surface area contributed by atoms with Crippen LogP contribution >= 0.6 is 11.3 Å². The highest BCUT2D eigenvalue weighted by molar-refractivity contribution is 7.11. The molecule has 0 spiro atoms. The van der Waals surface area contributed by atoms with Crippen molar-refractivity contribution in [3.05, 3.63) is 32.5 Å². The Morgan fingerprint density at radius 3 is 2.48 bits per heavy atom. The zero-order valence-corrected chi connectivity index (χ0v) is 14.2. The Balaban J connectivity index is 2.35.